The van der Waals surface area contributed by atoms with E-state index in [-0.39, 0.29) is 18.3 Å². The summed E-state index contributed by atoms with van der Waals surface area (Å²) in [5.74, 6) is 0. The van der Waals surface area contributed by atoms with E-state index in [9.17, 15) is 0 Å². The quantitative estimate of drug-likeness (QED) is 0.541. The zero-order valence-electron chi connectivity index (χ0n) is 8.10. The predicted molar refractivity (Wildman–Crippen MR) is 46.6 cm³/mol. The van der Waals surface area contributed by atoms with E-state index >= 15 is 0 Å². The molecule has 0 aromatic rings. The second-order valence-electron chi connectivity index (χ2n) is 3.90. The maximum Gasteiger partial charge on any atom is 0.454 e. The molecular weight excluding hydrogens is 139 g/mol. The largest absolute Gasteiger partial charge is 0.454 e. The van der Waals surface area contributed by atoms with Crippen molar-refractivity contribution in [2.24, 2.45) is 0 Å². The second-order valence-corrected chi connectivity index (χ2v) is 3.90. The normalized spacial score (nSPS) is 36.3. The van der Waals surface area contributed by atoms with Crippen molar-refractivity contribution in [2.75, 3.05) is 0 Å². The molecule has 1 heterocycles. The first-order chi connectivity index (χ1) is 4.91. The van der Waals surface area contributed by atoms with Crippen LogP contribution in [0.5, 0.6) is 0 Å². The van der Waals surface area contributed by atoms with Crippen molar-refractivity contribution in [1.29, 1.82) is 0 Å². The summed E-state index contributed by atoms with van der Waals surface area (Å²) in [6.45, 7) is 10.3. The van der Waals surface area contributed by atoms with Crippen molar-refractivity contribution in [3.05, 3.63) is 0 Å². The lowest BCUT2D eigenvalue weighted by Crippen LogP contribution is -2.44. The van der Waals surface area contributed by atoms with Gasteiger partial charge in [-0.3, -0.25) is 0 Å². The standard InChI is InChI=1S/C8H17BO2/c1-6-8(4)7(2,3)10-9(5)11-8/h6H2,1-5H3. The molecule has 0 amide bonds. The summed E-state index contributed by atoms with van der Waals surface area (Å²) < 4.78 is 11.3. The van der Waals surface area contributed by atoms with Gasteiger partial charge in [0.15, 0.2) is 0 Å². The molecule has 0 N–H and O–H groups in total. The van der Waals surface area contributed by atoms with Gasteiger partial charge in [-0.15, -0.1) is 0 Å². The van der Waals surface area contributed by atoms with Gasteiger partial charge in [-0.25, -0.2) is 0 Å². The molecule has 0 bridgehead atoms. The lowest BCUT2D eigenvalue weighted by molar-refractivity contribution is -0.0118. The van der Waals surface area contributed by atoms with E-state index in [1.807, 2.05) is 6.82 Å². The Morgan fingerprint density at radius 2 is 1.73 bits per heavy atom. The zero-order valence-corrected chi connectivity index (χ0v) is 8.10. The van der Waals surface area contributed by atoms with E-state index in [4.69, 9.17) is 9.31 Å². The van der Waals surface area contributed by atoms with Crippen LogP contribution in [0.4, 0.5) is 0 Å². The van der Waals surface area contributed by atoms with Gasteiger partial charge in [-0.05, 0) is 34.0 Å². The van der Waals surface area contributed by atoms with E-state index in [1.54, 1.807) is 0 Å². The summed E-state index contributed by atoms with van der Waals surface area (Å²) in [6, 6.07) is 0. The minimum absolute atomic E-state index is 0.0602. The molecule has 1 rings (SSSR count). The Balaban J connectivity index is 2.81. The Bertz CT molecular complexity index is 158. The fourth-order valence-electron chi connectivity index (χ4n) is 1.58. The first-order valence-electron chi connectivity index (χ1n) is 4.27. The van der Waals surface area contributed by atoms with Crippen molar-refractivity contribution < 1.29 is 9.31 Å². The summed E-state index contributed by atoms with van der Waals surface area (Å²) in [7, 11) is -0.0602. The second kappa shape index (κ2) is 2.49. The van der Waals surface area contributed by atoms with Gasteiger partial charge in [0, 0.05) is 0 Å². The Morgan fingerprint density at radius 1 is 1.18 bits per heavy atom. The molecule has 0 aromatic heterocycles. The van der Waals surface area contributed by atoms with Gasteiger partial charge < -0.3 is 9.31 Å². The Hall–Kier alpha value is -0.0151. The van der Waals surface area contributed by atoms with Gasteiger partial charge in [0.1, 0.15) is 0 Å². The fraction of sp³-hybridized carbons (Fsp3) is 1.00. The summed E-state index contributed by atoms with van der Waals surface area (Å²) >= 11 is 0. The molecule has 1 saturated heterocycles. The summed E-state index contributed by atoms with van der Waals surface area (Å²) in [5.41, 5.74) is -0.270. The highest BCUT2D eigenvalue weighted by Crippen LogP contribution is 2.39. The molecule has 0 radical (unpaired) electrons. The van der Waals surface area contributed by atoms with E-state index in [0.29, 0.717) is 0 Å². The maximum atomic E-state index is 5.69. The monoisotopic (exact) mass is 156 g/mol. The molecular formula is C8H17BO2. The zero-order chi connectivity index (χ0) is 8.70. The van der Waals surface area contributed by atoms with Crippen molar-refractivity contribution in [2.45, 2.75) is 52.1 Å². The molecule has 11 heavy (non-hydrogen) atoms. The van der Waals surface area contributed by atoms with Crippen LogP contribution in [0.2, 0.25) is 6.82 Å². The van der Waals surface area contributed by atoms with E-state index in [1.165, 1.54) is 0 Å². The Kier molecular flexibility index (Phi) is 2.06. The molecule has 1 fully saturated rings. The molecule has 1 atom stereocenters. The van der Waals surface area contributed by atoms with Crippen molar-refractivity contribution in [3.63, 3.8) is 0 Å². The smallest absolute Gasteiger partial charge is 0.403 e. The minimum Gasteiger partial charge on any atom is -0.403 e. The van der Waals surface area contributed by atoms with E-state index in [2.05, 4.69) is 27.7 Å². The molecule has 1 aliphatic rings. The summed E-state index contributed by atoms with van der Waals surface area (Å²) in [6.07, 6.45) is 0.990. The van der Waals surface area contributed by atoms with Crippen LogP contribution in [0, 0.1) is 0 Å². The highest BCUT2D eigenvalue weighted by atomic mass is 16.7. The average molecular weight is 156 g/mol. The highest BCUT2D eigenvalue weighted by Gasteiger charge is 2.50. The summed E-state index contributed by atoms with van der Waals surface area (Å²) in [4.78, 5) is 0. The third kappa shape index (κ3) is 1.32. The topological polar surface area (TPSA) is 18.5 Å². The molecule has 3 heteroatoms. The minimum atomic E-state index is -0.152. The molecule has 1 unspecified atom stereocenters. The van der Waals surface area contributed by atoms with Crippen LogP contribution in [0.1, 0.15) is 34.1 Å². The first-order valence-corrected chi connectivity index (χ1v) is 4.27. The van der Waals surface area contributed by atoms with Crippen LogP contribution in [0.15, 0.2) is 0 Å². The lowest BCUT2D eigenvalue weighted by atomic mass is 9.86. The molecule has 0 saturated carbocycles. The van der Waals surface area contributed by atoms with Crippen LogP contribution in [0.25, 0.3) is 0 Å². The van der Waals surface area contributed by atoms with Gasteiger partial charge in [-0.2, -0.15) is 0 Å². The summed E-state index contributed by atoms with van der Waals surface area (Å²) in [5, 5.41) is 0. The van der Waals surface area contributed by atoms with Crippen LogP contribution in [0.3, 0.4) is 0 Å². The van der Waals surface area contributed by atoms with E-state index < -0.39 is 0 Å². The molecule has 0 aliphatic carbocycles. The van der Waals surface area contributed by atoms with Gasteiger partial charge in [0.25, 0.3) is 0 Å². The SMILES string of the molecule is CCC1(C)OB(C)OC1(C)C. The van der Waals surface area contributed by atoms with Crippen LogP contribution >= 0.6 is 0 Å². The van der Waals surface area contributed by atoms with Crippen molar-refractivity contribution in [3.8, 4) is 0 Å². The third-order valence-electron chi connectivity index (χ3n) is 2.83. The molecule has 1 aliphatic heterocycles. The Labute approximate surface area is 69.4 Å². The van der Waals surface area contributed by atoms with Gasteiger partial charge in [-0.1, -0.05) is 6.92 Å². The highest BCUT2D eigenvalue weighted by molar-refractivity contribution is 6.43. The number of rotatable bonds is 1. The van der Waals surface area contributed by atoms with Gasteiger partial charge in [0.2, 0.25) is 0 Å². The predicted octanol–water partition coefficient (Wildman–Crippen LogP) is 2.10. The van der Waals surface area contributed by atoms with E-state index in [0.717, 1.165) is 6.42 Å². The first kappa shape index (κ1) is 9.08. The van der Waals surface area contributed by atoms with Crippen LogP contribution < -0.4 is 0 Å². The van der Waals surface area contributed by atoms with Crippen LogP contribution in [-0.4, -0.2) is 18.3 Å². The Morgan fingerprint density at radius 3 is 1.91 bits per heavy atom. The lowest BCUT2D eigenvalue weighted by Gasteiger charge is -2.35. The van der Waals surface area contributed by atoms with Gasteiger partial charge in [0.05, 0.1) is 11.2 Å². The molecule has 0 aromatic carbocycles. The molecule has 0 spiro atoms. The maximum absolute atomic E-state index is 5.69. The number of hydrogen-bond donors (Lipinski definition) is 0. The van der Waals surface area contributed by atoms with Crippen LogP contribution in [-0.2, 0) is 9.31 Å². The van der Waals surface area contributed by atoms with Crippen molar-refractivity contribution in [1.82, 2.24) is 0 Å². The van der Waals surface area contributed by atoms with Gasteiger partial charge >= 0.3 is 7.12 Å². The molecule has 2 nitrogen and oxygen atoms in total. The average Bonchev–Trinajstić information content (AvgIpc) is 2.03. The molecule has 64 valence electrons. The fourth-order valence-corrected chi connectivity index (χ4v) is 1.58. The third-order valence-corrected chi connectivity index (χ3v) is 2.83. The van der Waals surface area contributed by atoms with Crippen molar-refractivity contribution >= 4 is 7.12 Å². The number of hydrogen-bond acceptors (Lipinski definition) is 2.